The predicted octanol–water partition coefficient (Wildman–Crippen LogP) is 3.15. The van der Waals surface area contributed by atoms with Crippen molar-refractivity contribution in [1.29, 1.82) is 0 Å². The fraction of sp³-hybridized carbons (Fsp3) is 0.400. The fourth-order valence-electron chi connectivity index (χ4n) is 2.69. The fourth-order valence-corrected chi connectivity index (χ4v) is 3.67. The molecule has 0 spiro atoms. The zero-order valence-corrected chi connectivity index (χ0v) is 12.6. The van der Waals surface area contributed by atoms with Crippen LogP contribution in [0.3, 0.4) is 0 Å². The summed E-state index contributed by atoms with van der Waals surface area (Å²) in [7, 11) is 0. The average molecular weight is 309 g/mol. The Morgan fingerprint density at radius 2 is 2.30 bits per heavy atom. The van der Waals surface area contributed by atoms with E-state index in [9.17, 15) is 5.11 Å². The molecular weight excluding hydrogens is 292 g/mol. The molecule has 1 aliphatic heterocycles. The van der Waals surface area contributed by atoms with Crippen molar-refractivity contribution < 1.29 is 5.11 Å². The summed E-state index contributed by atoms with van der Waals surface area (Å²) >= 11 is 7.85. The quantitative estimate of drug-likeness (QED) is 0.942. The van der Waals surface area contributed by atoms with Gasteiger partial charge in [-0.25, -0.2) is 4.98 Å². The van der Waals surface area contributed by atoms with Gasteiger partial charge in [0.2, 0.25) is 0 Å². The lowest BCUT2D eigenvalue weighted by atomic mass is 10.1. The molecule has 106 valence electrons. The first-order valence-electron chi connectivity index (χ1n) is 6.79. The highest BCUT2D eigenvalue weighted by Gasteiger charge is 2.29. The second kappa shape index (κ2) is 6.22. The highest BCUT2D eigenvalue weighted by Crippen LogP contribution is 2.30. The third-order valence-corrected chi connectivity index (χ3v) is 5.11. The molecule has 5 heteroatoms. The maximum atomic E-state index is 10.4. The van der Waals surface area contributed by atoms with Crippen LogP contribution in [0.4, 0.5) is 0 Å². The van der Waals surface area contributed by atoms with Crippen LogP contribution in [0, 0.1) is 0 Å². The average Bonchev–Trinajstić information content (AvgIpc) is 3.11. The van der Waals surface area contributed by atoms with Crippen LogP contribution in [-0.2, 0) is 6.42 Å². The summed E-state index contributed by atoms with van der Waals surface area (Å²) in [5.74, 6) is 0.455. The van der Waals surface area contributed by atoms with Gasteiger partial charge in [0, 0.05) is 42.0 Å². The van der Waals surface area contributed by atoms with Crippen molar-refractivity contribution >= 4 is 22.9 Å². The number of aromatic nitrogens is 1. The van der Waals surface area contributed by atoms with Crippen molar-refractivity contribution in [2.45, 2.75) is 25.0 Å². The number of halogens is 1. The van der Waals surface area contributed by atoms with Gasteiger partial charge >= 0.3 is 0 Å². The lowest BCUT2D eigenvalue weighted by Gasteiger charge is -2.23. The van der Waals surface area contributed by atoms with E-state index < -0.39 is 6.23 Å². The molecule has 1 saturated heterocycles. The number of thiazole rings is 1. The number of rotatable bonds is 4. The second-order valence-electron chi connectivity index (χ2n) is 5.13. The molecule has 3 nitrogen and oxygen atoms in total. The first-order chi connectivity index (χ1) is 9.74. The van der Waals surface area contributed by atoms with Crippen LogP contribution in [0.1, 0.15) is 22.9 Å². The third kappa shape index (κ3) is 3.04. The Balaban J connectivity index is 1.62. The van der Waals surface area contributed by atoms with Crippen LogP contribution in [0.5, 0.6) is 0 Å². The smallest absolute Gasteiger partial charge is 0.111 e. The van der Waals surface area contributed by atoms with Gasteiger partial charge in [-0.3, -0.25) is 4.90 Å². The molecule has 20 heavy (non-hydrogen) atoms. The molecule has 0 bridgehead atoms. The molecule has 2 unspecified atom stereocenters. The molecule has 0 aliphatic carbocycles. The molecule has 2 heterocycles. The Morgan fingerprint density at radius 1 is 1.45 bits per heavy atom. The SMILES string of the molecule is OC(Cc1ccccc1Cl)N1CCC(c2nccs2)C1. The van der Waals surface area contributed by atoms with E-state index in [0.717, 1.165) is 30.1 Å². The van der Waals surface area contributed by atoms with Crippen LogP contribution >= 0.6 is 22.9 Å². The van der Waals surface area contributed by atoms with Crippen molar-refractivity contribution in [3.05, 3.63) is 51.4 Å². The molecule has 1 aliphatic rings. The Bertz CT molecular complexity index is 561. The van der Waals surface area contributed by atoms with Gasteiger partial charge in [0.25, 0.3) is 0 Å². The van der Waals surface area contributed by atoms with E-state index in [0.29, 0.717) is 12.3 Å². The summed E-state index contributed by atoms with van der Waals surface area (Å²) in [6.45, 7) is 1.79. The molecule has 0 amide bonds. The van der Waals surface area contributed by atoms with Crippen molar-refractivity contribution in [2.75, 3.05) is 13.1 Å². The van der Waals surface area contributed by atoms with Gasteiger partial charge < -0.3 is 5.11 Å². The minimum absolute atomic E-state index is 0.455. The molecule has 1 fully saturated rings. The molecule has 2 aromatic rings. The number of aliphatic hydroxyl groups excluding tert-OH is 1. The molecular formula is C15H17ClN2OS. The molecule has 1 aromatic carbocycles. The maximum absolute atomic E-state index is 10.4. The lowest BCUT2D eigenvalue weighted by Crippen LogP contribution is -2.34. The maximum Gasteiger partial charge on any atom is 0.111 e. The number of nitrogens with zero attached hydrogens (tertiary/aromatic N) is 2. The number of hydrogen-bond donors (Lipinski definition) is 1. The van der Waals surface area contributed by atoms with Crippen LogP contribution in [0.25, 0.3) is 0 Å². The second-order valence-corrected chi connectivity index (χ2v) is 6.46. The van der Waals surface area contributed by atoms with Crippen LogP contribution in [0.15, 0.2) is 35.8 Å². The Morgan fingerprint density at radius 3 is 3.05 bits per heavy atom. The van der Waals surface area contributed by atoms with Crippen molar-refractivity contribution in [2.24, 2.45) is 0 Å². The third-order valence-electron chi connectivity index (χ3n) is 3.80. The van der Waals surface area contributed by atoms with Gasteiger partial charge in [-0.15, -0.1) is 11.3 Å². The van der Waals surface area contributed by atoms with Gasteiger partial charge in [-0.2, -0.15) is 0 Å². The standard InChI is InChI=1S/C15H17ClN2OS/c16-13-4-2-1-3-11(13)9-14(19)18-7-5-12(10-18)15-17-6-8-20-15/h1-4,6,8,12,14,19H,5,7,9-10H2. The minimum Gasteiger partial charge on any atom is -0.378 e. The summed E-state index contributed by atoms with van der Waals surface area (Å²) in [6, 6.07) is 7.70. The zero-order chi connectivity index (χ0) is 13.9. The van der Waals surface area contributed by atoms with Crippen molar-refractivity contribution in [3.8, 4) is 0 Å². The van der Waals surface area contributed by atoms with Gasteiger partial charge in [0.15, 0.2) is 0 Å². The Hall–Kier alpha value is -0.940. The first-order valence-corrected chi connectivity index (χ1v) is 8.04. The highest BCUT2D eigenvalue weighted by molar-refractivity contribution is 7.09. The van der Waals surface area contributed by atoms with Crippen molar-refractivity contribution in [1.82, 2.24) is 9.88 Å². The van der Waals surface area contributed by atoms with Gasteiger partial charge in [-0.05, 0) is 18.1 Å². The normalized spacial score (nSPS) is 21.2. The van der Waals surface area contributed by atoms with E-state index in [4.69, 9.17) is 11.6 Å². The summed E-state index contributed by atoms with van der Waals surface area (Å²) < 4.78 is 0. The summed E-state index contributed by atoms with van der Waals surface area (Å²) in [6.07, 6.45) is 3.01. The molecule has 0 radical (unpaired) electrons. The Kier molecular flexibility index (Phi) is 4.36. The number of likely N-dealkylation sites (tertiary alicyclic amines) is 1. The highest BCUT2D eigenvalue weighted by atomic mass is 35.5. The number of hydrogen-bond acceptors (Lipinski definition) is 4. The van der Waals surface area contributed by atoms with Crippen LogP contribution in [-0.4, -0.2) is 34.3 Å². The minimum atomic E-state index is -0.472. The topological polar surface area (TPSA) is 36.4 Å². The van der Waals surface area contributed by atoms with E-state index in [2.05, 4.69) is 9.88 Å². The van der Waals surface area contributed by atoms with E-state index in [1.807, 2.05) is 35.8 Å². The lowest BCUT2D eigenvalue weighted by molar-refractivity contribution is 0.0204. The molecule has 1 N–H and O–H groups in total. The molecule has 0 saturated carbocycles. The van der Waals surface area contributed by atoms with E-state index in [1.165, 1.54) is 5.01 Å². The van der Waals surface area contributed by atoms with E-state index in [1.54, 1.807) is 11.3 Å². The predicted molar refractivity (Wildman–Crippen MR) is 82.2 cm³/mol. The molecule has 1 aromatic heterocycles. The van der Waals surface area contributed by atoms with Gasteiger partial charge in [-0.1, -0.05) is 29.8 Å². The summed E-state index contributed by atoms with van der Waals surface area (Å²) in [4.78, 5) is 6.50. The Labute approximate surface area is 127 Å². The van der Waals surface area contributed by atoms with E-state index >= 15 is 0 Å². The monoisotopic (exact) mass is 308 g/mol. The van der Waals surface area contributed by atoms with Crippen molar-refractivity contribution in [3.63, 3.8) is 0 Å². The zero-order valence-electron chi connectivity index (χ0n) is 11.1. The number of aliphatic hydroxyl groups is 1. The van der Waals surface area contributed by atoms with Crippen LogP contribution < -0.4 is 0 Å². The largest absolute Gasteiger partial charge is 0.378 e. The van der Waals surface area contributed by atoms with E-state index in [-0.39, 0.29) is 0 Å². The number of benzene rings is 1. The first kappa shape index (κ1) is 14.0. The van der Waals surface area contributed by atoms with Gasteiger partial charge in [0.1, 0.15) is 6.23 Å². The molecule has 3 rings (SSSR count). The molecule has 2 atom stereocenters. The summed E-state index contributed by atoms with van der Waals surface area (Å²) in [5, 5.41) is 14.3. The van der Waals surface area contributed by atoms with Crippen LogP contribution in [0.2, 0.25) is 5.02 Å². The summed E-state index contributed by atoms with van der Waals surface area (Å²) in [5.41, 5.74) is 0.999. The van der Waals surface area contributed by atoms with Gasteiger partial charge in [0.05, 0.1) is 5.01 Å².